The van der Waals surface area contributed by atoms with Crippen molar-refractivity contribution in [2.75, 3.05) is 0 Å². The number of aromatic nitrogens is 2. The monoisotopic (exact) mass is 350 g/mol. The maximum Gasteiger partial charge on any atom is 0.307 e. The third kappa shape index (κ3) is 3.95. The zero-order chi connectivity index (χ0) is 16.2. The van der Waals surface area contributed by atoms with Gasteiger partial charge in [0.05, 0.1) is 17.6 Å². The Kier molecular flexibility index (Phi) is 5.03. The molecule has 0 radical (unpaired) electrons. The molecule has 120 valence electrons. The van der Waals surface area contributed by atoms with E-state index in [2.05, 4.69) is 10.2 Å². The van der Waals surface area contributed by atoms with Crippen molar-refractivity contribution in [1.29, 1.82) is 0 Å². The van der Waals surface area contributed by atoms with Gasteiger partial charge < -0.3 is 9.52 Å². The zero-order valence-corrected chi connectivity index (χ0v) is 13.8. The van der Waals surface area contributed by atoms with Crippen LogP contribution < -0.4 is 0 Å². The summed E-state index contributed by atoms with van der Waals surface area (Å²) >= 11 is 7.42. The molecule has 0 spiro atoms. The molecule has 5 nitrogen and oxygen atoms in total. The Morgan fingerprint density at radius 1 is 1.26 bits per heavy atom. The van der Waals surface area contributed by atoms with Gasteiger partial charge in [0, 0.05) is 9.92 Å². The lowest BCUT2D eigenvalue weighted by Crippen LogP contribution is -2.23. The number of hydrogen-bond acceptors (Lipinski definition) is 5. The summed E-state index contributed by atoms with van der Waals surface area (Å²) in [7, 11) is 0. The van der Waals surface area contributed by atoms with E-state index in [1.165, 1.54) is 0 Å². The second-order valence-corrected chi connectivity index (χ2v) is 6.76. The number of hydrogen-bond donors (Lipinski definition) is 1. The molecular weight excluding hydrogens is 336 g/mol. The summed E-state index contributed by atoms with van der Waals surface area (Å²) in [5.41, 5.74) is 0. The number of carbonyl (C=O) groups is 1. The van der Waals surface area contributed by atoms with Crippen molar-refractivity contribution < 1.29 is 14.3 Å². The van der Waals surface area contributed by atoms with Gasteiger partial charge in [-0.25, -0.2) is 0 Å². The van der Waals surface area contributed by atoms with Crippen molar-refractivity contribution >= 4 is 29.3 Å². The molecule has 0 saturated carbocycles. The number of benzene rings is 1. The summed E-state index contributed by atoms with van der Waals surface area (Å²) < 4.78 is 5.68. The minimum Gasteiger partial charge on any atom is -0.481 e. The quantitative estimate of drug-likeness (QED) is 0.644. The molecule has 2 atom stereocenters. The van der Waals surface area contributed by atoms with Crippen molar-refractivity contribution in [2.24, 2.45) is 5.92 Å². The van der Waals surface area contributed by atoms with Crippen LogP contribution in [0.25, 0.3) is 0 Å². The first kappa shape index (κ1) is 16.1. The molecule has 1 aliphatic carbocycles. The van der Waals surface area contributed by atoms with Gasteiger partial charge in [-0.15, -0.1) is 22.0 Å². The van der Waals surface area contributed by atoms with Crippen LogP contribution in [-0.4, -0.2) is 21.3 Å². The summed E-state index contributed by atoms with van der Waals surface area (Å²) in [6.45, 7) is 0. The summed E-state index contributed by atoms with van der Waals surface area (Å²) in [4.78, 5) is 12.4. The molecule has 23 heavy (non-hydrogen) atoms. The van der Waals surface area contributed by atoms with E-state index in [-0.39, 0.29) is 5.92 Å². The van der Waals surface area contributed by atoms with E-state index in [0.717, 1.165) is 4.90 Å². The number of allylic oxidation sites excluding steroid dienone is 2. The SMILES string of the molecule is O=C(O)[C@H]1CC=CC[C@H]1c1nnc(CSc2ccc(Cl)cc2)o1. The summed E-state index contributed by atoms with van der Waals surface area (Å²) in [6.07, 6.45) is 4.97. The van der Waals surface area contributed by atoms with Crippen LogP contribution >= 0.6 is 23.4 Å². The largest absolute Gasteiger partial charge is 0.481 e. The van der Waals surface area contributed by atoms with Crippen LogP contribution in [0.3, 0.4) is 0 Å². The predicted molar refractivity (Wildman–Crippen MR) is 87.6 cm³/mol. The molecule has 7 heteroatoms. The van der Waals surface area contributed by atoms with Gasteiger partial charge in [-0.1, -0.05) is 23.8 Å². The van der Waals surface area contributed by atoms with Gasteiger partial charge in [0.2, 0.25) is 11.8 Å². The van der Waals surface area contributed by atoms with Crippen molar-refractivity contribution in [3.8, 4) is 0 Å². The number of nitrogens with zero attached hydrogens (tertiary/aromatic N) is 2. The Morgan fingerprint density at radius 2 is 2.00 bits per heavy atom. The Morgan fingerprint density at radius 3 is 2.74 bits per heavy atom. The predicted octanol–water partition coefficient (Wildman–Crippen LogP) is 4.15. The second kappa shape index (κ2) is 7.19. The highest BCUT2D eigenvalue weighted by molar-refractivity contribution is 7.98. The van der Waals surface area contributed by atoms with E-state index in [9.17, 15) is 9.90 Å². The average molecular weight is 351 g/mol. The highest BCUT2D eigenvalue weighted by Gasteiger charge is 2.33. The molecule has 1 aromatic heterocycles. The average Bonchev–Trinajstić information content (AvgIpc) is 3.03. The molecular formula is C16H15ClN2O3S. The fourth-order valence-electron chi connectivity index (χ4n) is 2.51. The van der Waals surface area contributed by atoms with Gasteiger partial charge in [-0.3, -0.25) is 4.79 Å². The van der Waals surface area contributed by atoms with Crippen LogP contribution in [0.1, 0.15) is 30.5 Å². The Balaban J connectivity index is 1.66. The molecule has 1 aliphatic rings. The van der Waals surface area contributed by atoms with E-state index >= 15 is 0 Å². The summed E-state index contributed by atoms with van der Waals surface area (Å²) in [5.74, 6) is -0.132. The lowest BCUT2D eigenvalue weighted by atomic mass is 9.83. The fourth-order valence-corrected chi connectivity index (χ4v) is 3.37. The third-order valence-corrected chi connectivity index (χ3v) is 4.97. The number of thioether (sulfide) groups is 1. The van der Waals surface area contributed by atoms with Crippen molar-refractivity contribution in [2.45, 2.75) is 29.4 Å². The normalized spacial score (nSPS) is 20.6. The fraction of sp³-hybridized carbons (Fsp3) is 0.312. The van der Waals surface area contributed by atoms with Crippen LogP contribution in [0, 0.1) is 5.92 Å². The van der Waals surface area contributed by atoms with Crippen LogP contribution in [0.2, 0.25) is 5.02 Å². The third-order valence-electron chi connectivity index (χ3n) is 3.73. The Bertz CT molecular complexity index is 714. The molecule has 0 aliphatic heterocycles. The topological polar surface area (TPSA) is 76.2 Å². The highest BCUT2D eigenvalue weighted by atomic mass is 35.5. The number of carboxylic acids is 1. The van der Waals surface area contributed by atoms with Crippen LogP contribution in [-0.2, 0) is 10.5 Å². The molecule has 0 fully saturated rings. The molecule has 3 rings (SSSR count). The minimum atomic E-state index is -0.824. The number of halogens is 1. The van der Waals surface area contributed by atoms with E-state index in [1.807, 2.05) is 36.4 Å². The van der Waals surface area contributed by atoms with E-state index in [1.54, 1.807) is 11.8 Å². The number of rotatable bonds is 5. The number of aliphatic carboxylic acids is 1. The van der Waals surface area contributed by atoms with E-state index in [0.29, 0.717) is 35.4 Å². The van der Waals surface area contributed by atoms with Crippen LogP contribution in [0.15, 0.2) is 45.7 Å². The molecule has 0 bridgehead atoms. The molecule has 1 heterocycles. The van der Waals surface area contributed by atoms with Gasteiger partial charge in [-0.2, -0.15) is 0 Å². The summed E-state index contributed by atoms with van der Waals surface area (Å²) in [5, 5.41) is 18.1. The molecule has 0 amide bonds. The first-order valence-electron chi connectivity index (χ1n) is 7.22. The van der Waals surface area contributed by atoms with Gasteiger partial charge in [0.15, 0.2) is 0 Å². The zero-order valence-electron chi connectivity index (χ0n) is 12.2. The molecule has 2 aromatic rings. The second-order valence-electron chi connectivity index (χ2n) is 5.27. The number of carboxylic acid groups (broad SMARTS) is 1. The molecule has 1 N–H and O–H groups in total. The van der Waals surface area contributed by atoms with Gasteiger partial charge in [-0.05, 0) is 37.1 Å². The minimum absolute atomic E-state index is 0.251. The van der Waals surface area contributed by atoms with Crippen LogP contribution in [0.5, 0.6) is 0 Å². The Hall–Kier alpha value is -1.79. The summed E-state index contributed by atoms with van der Waals surface area (Å²) in [6, 6.07) is 7.51. The highest BCUT2D eigenvalue weighted by Crippen LogP contribution is 2.34. The molecule has 0 saturated heterocycles. The van der Waals surface area contributed by atoms with Crippen molar-refractivity contribution in [3.05, 3.63) is 53.2 Å². The lowest BCUT2D eigenvalue weighted by molar-refractivity contribution is -0.142. The van der Waals surface area contributed by atoms with E-state index < -0.39 is 11.9 Å². The smallest absolute Gasteiger partial charge is 0.307 e. The first-order valence-corrected chi connectivity index (χ1v) is 8.58. The van der Waals surface area contributed by atoms with Crippen LogP contribution in [0.4, 0.5) is 0 Å². The Labute approximate surface area is 142 Å². The first-order chi connectivity index (χ1) is 11.1. The molecule has 0 unspecified atom stereocenters. The maximum absolute atomic E-state index is 11.3. The van der Waals surface area contributed by atoms with E-state index in [4.69, 9.17) is 16.0 Å². The van der Waals surface area contributed by atoms with Crippen molar-refractivity contribution in [1.82, 2.24) is 10.2 Å². The van der Waals surface area contributed by atoms with Gasteiger partial charge in [0.1, 0.15) is 0 Å². The van der Waals surface area contributed by atoms with Gasteiger partial charge in [0.25, 0.3) is 0 Å². The molecule has 1 aromatic carbocycles. The standard InChI is InChI=1S/C16H15ClN2O3S/c17-10-5-7-11(8-6-10)23-9-14-18-19-15(22-14)12-3-1-2-4-13(12)16(20)21/h1-2,5-8,12-13H,3-4,9H2,(H,20,21)/t12-,13+/m1/s1. The van der Waals surface area contributed by atoms with Crippen molar-refractivity contribution in [3.63, 3.8) is 0 Å². The van der Waals surface area contributed by atoms with Gasteiger partial charge >= 0.3 is 5.97 Å². The maximum atomic E-state index is 11.3. The lowest BCUT2D eigenvalue weighted by Gasteiger charge is -2.21.